The van der Waals surface area contributed by atoms with E-state index in [1.54, 1.807) is 0 Å². The van der Waals surface area contributed by atoms with Gasteiger partial charge in [0.1, 0.15) is 0 Å². The Kier molecular flexibility index (Phi) is 5.97. The van der Waals surface area contributed by atoms with Gasteiger partial charge in [-0.05, 0) is 58.0 Å². The van der Waals surface area contributed by atoms with E-state index in [2.05, 4.69) is 24.1 Å². The normalized spacial score (nSPS) is 28.0. The molecule has 2 nitrogen and oxygen atoms in total. The van der Waals surface area contributed by atoms with Gasteiger partial charge in [-0.15, -0.1) is 0 Å². The molecule has 0 amide bonds. The van der Waals surface area contributed by atoms with Gasteiger partial charge in [-0.3, -0.25) is 4.90 Å². The zero-order chi connectivity index (χ0) is 12.8. The highest BCUT2D eigenvalue weighted by Gasteiger charge is 2.35. The van der Waals surface area contributed by atoms with Crippen LogP contribution in [0.25, 0.3) is 0 Å². The van der Waals surface area contributed by atoms with Crippen LogP contribution in [0.2, 0.25) is 0 Å². The Morgan fingerprint density at radius 1 is 1.17 bits per heavy atom. The van der Waals surface area contributed by atoms with Crippen LogP contribution in [0.15, 0.2) is 0 Å². The topological polar surface area (TPSA) is 15.3 Å². The van der Waals surface area contributed by atoms with E-state index >= 15 is 0 Å². The van der Waals surface area contributed by atoms with Gasteiger partial charge in [0.15, 0.2) is 0 Å². The van der Waals surface area contributed by atoms with Crippen LogP contribution in [0.1, 0.15) is 65.2 Å². The molecule has 2 fully saturated rings. The van der Waals surface area contributed by atoms with Crippen molar-refractivity contribution < 1.29 is 0 Å². The summed E-state index contributed by atoms with van der Waals surface area (Å²) in [5.74, 6) is 1.02. The Morgan fingerprint density at radius 2 is 1.94 bits per heavy atom. The van der Waals surface area contributed by atoms with E-state index in [0.717, 1.165) is 18.0 Å². The Morgan fingerprint density at radius 3 is 2.67 bits per heavy atom. The van der Waals surface area contributed by atoms with E-state index in [1.165, 1.54) is 71.0 Å². The SMILES string of the molecule is CCCCNCC(C)N1CCCC1C1CCCC1. The van der Waals surface area contributed by atoms with Gasteiger partial charge in [0, 0.05) is 18.6 Å². The number of hydrogen-bond acceptors (Lipinski definition) is 2. The molecule has 1 aliphatic carbocycles. The fraction of sp³-hybridized carbons (Fsp3) is 1.00. The summed E-state index contributed by atoms with van der Waals surface area (Å²) in [5, 5.41) is 3.63. The van der Waals surface area contributed by atoms with Crippen molar-refractivity contribution in [2.24, 2.45) is 5.92 Å². The van der Waals surface area contributed by atoms with Gasteiger partial charge in [0.25, 0.3) is 0 Å². The molecule has 2 rings (SSSR count). The second-order valence-corrected chi connectivity index (χ2v) is 6.40. The fourth-order valence-corrected chi connectivity index (χ4v) is 3.94. The molecular formula is C16H32N2. The lowest BCUT2D eigenvalue weighted by atomic mass is 9.95. The summed E-state index contributed by atoms with van der Waals surface area (Å²) in [5.41, 5.74) is 0. The minimum atomic E-state index is 0.731. The lowest BCUT2D eigenvalue weighted by Gasteiger charge is -2.34. The molecule has 1 saturated carbocycles. The van der Waals surface area contributed by atoms with Crippen LogP contribution < -0.4 is 5.32 Å². The van der Waals surface area contributed by atoms with Gasteiger partial charge < -0.3 is 5.32 Å². The number of rotatable bonds is 7. The zero-order valence-corrected chi connectivity index (χ0v) is 12.5. The van der Waals surface area contributed by atoms with Gasteiger partial charge in [0.2, 0.25) is 0 Å². The van der Waals surface area contributed by atoms with E-state index in [9.17, 15) is 0 Å². The molecule has 1 aliphatic heterocycles. The lowest BCUT2D eigenvalue weighted by Crippen LogP contribution is -2.45. The van der Waals surface area contributed by atoms with Crippen molar-refractivity contribution in [1.29, 1.82) is 0 Å². The maximum Gasteiger partial charge on any atom is 0.0195 e. The van der Waals surface area contributed by atoms with Crippen LogP contribution in [-0.2, 0) is 0 Å². The first-order valence-corrected chi connectivity index (χ1v) is 8.29. The first kappa shape index (κ1) is 14.3. The first-order chi connectivity index (χ1) is 8.83. The van der Waals surface area contributed by atoms with Crippen LogP contribution in [0.4, 0.5) is 0 Å². The predicted molar refractivity (Wildman–Crippen MR) is 78.9 cm³/mol. The molecule has 2 aliphatic rings. The summed E-state index contributed by atoms with van der Waals surface area (Å²) in [6, 6.07) is 1.64. The molecule has 0 radical (unpaired) electrons. The highest BCUT2D eigenvalue weighted by molar-refractivity contribution is 4.90. The third kappa shape index (κ3) is 3.71. The van der Waals surface area contributed by atoms with E-state index in [4.69, 9.17) is 0 Å². The Bertz CT molecular complexity index is 223. The largest absolute Gasteiger partial charge is 0.315 e. The molecule has 2 unspecified atom stereocenters. The summed E-state index contributed by atoms with van der Waals surface area (Å²) in [4.78, 5) is 2.81. The number of nitrogens with one attached hydrogen (secondary N) is 1. The Hall–Kier alpha value is -0.0800. The molecule has 0 aromatic rings. The highest BCUT2D eigenvalue weighted by atomic mass is 15.2. The minimum absolute atomic E-state index is 0.731. The summed E-state index contributed by atoms with van der Waals surface area (Å²) < 4.78 is 0. The number of hydrogen-bond donors (Lipinski definition) is 1. The quantitative estimate of drug-likeness (QED) is 0.698. The minimum Gasteiger partial charge on any atom is -0.315 e. The Labute approximate surface area is 114 Å². The van der Waals surface area contributed by atoms with E-state index < -0.39 is 0 Å². The maximum absolute atomic E-state index is 3.63. The second kappa shape index (κ2) is 7.49. The molecule has 1 heterocycles. The molecular weight excluding hydrogens is 220 g/mol. The molecule has 2 atom stereocenters. The summed E-state index contributed by atoms with van der Waals surface area (Å²) in [7, 11) is 0. The van der Waals surface area contributed by atoms with Crippen molar-refractivity contribution in [1.82, 2.24) is 10.2 Å². The number of nitrogens with zero attached hydrogens (tertiary/aromatic N) is 1. The molecule has 0 bridgehead atoms. The summed E-state index contributed by atoms with van der Waals surface area (Å²) >= 11 is 0. The van der Waals surface area contributed by atoms with Crippen LogP contribution in [0.5, 0.6) is 0 Å². The zero-order valence-electron chi connectivity index (χ0n) is 12.5. The predicted octanol–water partition coefficient (Wildman–Crippen LogP) is 3.42. The van der Waals surface area contributed by atoms with Crippen molar-refractivity contribution in [2.45, 2.75) is 77.3 Å². The van der Waals surface area contributed by atoms with Gasteiger partial charge in [0.05, 0.1) is 0 Å². The lowest BCUT2D eigenvalue weighted by molar-refractivity contribution is 0.142. The fourth-order valence-electron chi connectivity index (χ4n) is 3.94. The molecule has 0 aromatic carbocycles. The molecule has 1 saturated heterocycles. The number of likely N-dealkylation sites (tertiary alicyclic amines) is 1. The van der Waals surface area contributed by atoms with Crippen molar-refractivity contribution in [3.63, 3.8) is 0 Å². The van der Waals surface area contributed by atoms with Gasteiger partial charge in [-0.1, -0.05) is 26.2 Å². The van der Waals surface area contributed by atoms with E-state index in [0.29, 0.717) is 0 Å². The van der Waals surface area contributed by atoms with Crippen molar-refractivity contribution in [3.8, 4) is 0 Å². The monoisotopic (exact) mass is 252 g/mol. The van der Waals surface area contributed by atoms with Crippen LogP contribution in [-0.4, -0.2) is 36.6 Å². The molecule has 106 valence electrons. The van der Waals surface area contributed by atoms with Crippen molar-refractivity contribution in [2.75, 3.05) is 19.6 Å². The molecule has 0 aromatic heterocycles. The van der Waals surface area contributed by atoms with E-state index in [-0.39, 0.29) is 0 Å². The van der Waals surface area contributed by atoms with Gasteiger partial charge >= 0.3 is 0 Å². The molecule has 1 N–H and O–H groups in total. The maximum atomic E-state index is 3.63. The molecule has 0 spiro atoms. The van der Waals surface area contributed by atoms with Crippen molar-refractivity contribution >= 4 is 0 Å². The smallest absolute Gasteiger partial charge is 0.0195 e. The van der Waals surface area contributed by atoms with Gasteiger partial charge in [-0.2, -0.15) is 0 Å². The summed E-state index contributed by atoms with van der Waals surface area (Å²) in [6.45, 7) is 8.41. The molecule has 2 heteroatoms. The standard InChI is InChI=1S/C16H32N2/c1-3-4-11-17-13-14(2)18-12-7-10-16(18)15-8-5-6-9-15/h14-17H,3-13H2,1-2H3. The average Bonchev–Trinajstić information content (AvgIpc) is 3.02. The van der Waals surface area contributed by atoms with Crippen LogP contribution in [0.3, 0.4) is 0 Å². The Balaban J connectivity index is 1.75. The third-order valence-corrected chi connectivity index (χ3v) is 5.00. The molecule has 18 heavy (non-hydrogen) atoms. The van der Waals surface area contributed by atoms with Crippen LogP contribution >= 0.6 is 0 Å². The first-order valence-electron chi connectivity index (χ1n) is 8.29. The van der Waals surface area contributed by atoms with Gasteiger partial charge in [-0.25, -0.2) is 0 Å². The number of unbranched alkanes of at least 4 members (excludes halogenated alkanes) is 1. The second-order valence-electron chi connectivity index (χ2n) is 6.40. The summed E-state index contributed by atoms with van der Waals surface area (Å²) in [6.07, 6.45) is 11.5. The van der Waals surface area contributed by atoms with Crippen molar-refractivity contribution in [3.05, 3.63) is 0 Å². The third-order valence-electron chi connectivity index (χ3n) is 5.00. The van der Waals surface area contributed by atoms with Crippen LogP contribution in [0, 0.1) is 5.92 Å². The van der Waals surface area contributed by atoms with E-state index in [1.807, 2.05) is 0 Å². The average molecular weight is 252 g/mol. The highest BCUT2D eigenvalue weighted by Crippen LogP contribution is 2.36.